The molecule has 1 N–H and O–H groups in total. The summed E-state index contributed by atoms with van der Waals surface area (Å²) in [5.41, 5.74) is 1.04. The van der Waals surface area contributed by atoms with Crippen LogP contribution in [-0.4, -0.2) is 62.8 Å². The number of rotatable bonds is 7. The van der Waals surface area contributed by atoms with E-state index in [9.17, 15) is 13.2 Å². The van der Waals surface area contributed by atoms with Crippen molar-refractivity contribution in [3.63, 3.8) is 0 Å². The van der Waals surface area contributed by atoms with Gasteiger partial charge in [-0.05, 0) is 35.7 Å². The lowest BCUT2D eigenvalue weighted by Gasteiger charge is -2.31. The molecule has 2 aromatic rings. The summed E-state index contributed by atoms with van der Waals surface area (Å²) in [6.45, 7) is 4.71. The first-order valence-electron chi connectivity index (χ1n) is 9.67. The van der Waals surface area contributed by atoms with Gasteiger partial charge in [0.2, 0.25) is 15.9 Å². The summed E-state index contributed by atoms with van der Waals surface area (Å²) in [6.07, 6.45) is 0. The Bertz CT molecular complexity index is 914. The van der Waals surface area contributed by atoms with Crippen molar-refractivity contribution in [2.24, 2.45) is 0 Å². The molecule has 0 aliphatic carbocycles. The zero-order valence-corrected chi connectivity index (χ0v) is 18.8. The van der Waals surface area contributed by atoms with Crippen LogP contribution in [0.2, 0.25) is 0 Å². The van der Waals surface area contributed by atoms with E-state index in [1.165, 1.54) is 4.31 Å². The van der Waals surface area contributed by atoms with Gasteiger partial charge >= 0.3 is 0 Å². The third kappa shape index (κ3) is 5.66. The minimum Gasteiger partial charge on any atom is -0.339 e. The average Bonchev–Trinajstić information content (AvgIpc) is 2.74. The number of hydrogen-bond donors (Lipinski definition) is 1. The van der Waals surface area contributed by atoms with Gasteiger partial charge in [0.05, 0.1) is 11.4 Å². The molecule has 8 heteroatoms. The molecule has 6 nitrogen and oxygen atoms in total. The standard InChI is InChI=1S/C21H26BrN3O3S/c1-17(18-5-3-2-4-6-18)15-25(16-21(26)24-13-11-23-12-14-24)29(27,28)20-9-7-19(22)8-10-20/h2-10,17,23H,11-16H2,1H3. The van der Waals surface area contributed by atoms with E-state index in [0.717, 1.165) is 23.1 Å². The van der Waals surface area contributed by atoms with E-state index in [1.54, 1.807) is 29.2 Å². The van der Waals surface area contributed by atoms with E-state index in [1.807, 2.05) is 37.3 Å². The van der Waals surface area contributed by atoms with Crippen molar-refractivity contribution in [1.29, 1.82) is 0 Å². The summed E-state index contributed by atoms with van der Waals surface area (Å²) in [7, 11) is -3.81. The Hall–Kier alpha value is -1.74. The highest BCUT2D eigenvalue weighted by Crippen LogP contribution is 2.23. The largest absolute Gasteiger partial charge is 0.339 e. The molecule has 1 aliphatic rings. The molecule has 0 bridgehead atoms. The topological polar surface area (TPSA) is 69.7 Å². The van der Waals surface area contributed by atoms with Gasteiger partial charge in [0.15, 0.2) is 0 Å². The molecule has 0 radical (unpaired) electrons. The maximum atomic E-state index is 13.4. The van der Waals surface area contributed by atoms with Crippen LogP contribution in [0.5, 0.6) is 0 Å². The lowest BCUT2D eigenvalue weighted by atomic mass is 10.0. The summed E-state index contributed by atoms with van der Waals surface area (Å²) in [4.78, 5) is 14.8. The quantitative estimate of drug-likeness (QED) is 0.662. The van der Waals surface area contributed by atoms with Crippen molar-refractivity contribution in [2.45, 2.75) is 17.7 Å². The SMILES string of the molecule is CC(CN(CC(=O)N1CCNCC1)S(=O)(=O)c1ccc(Br)cc1)c1ccccc1. The van der Waals surface area contributed by atoms with Gasteiger partial charge in [-0.15, -0.1) is 0 Å². The first-order valence-corrected chi connectivity index (χ1v) is 11.9. The highest BCUT2D eigenvalue weighted by atomic mass is 79.9. The van der Waals surface area contributed by atoms with Gasteiger partial charge in [-0.3, -0.25) is 4.79 Å². The van der Waals surface area contributed by atoms with Crippen LogP contribution in [0.4, 0.5) is 0 Å². The molecule has 0 spiro atoms. The lowest BCUT2D eigenvalue weighted by Crippen LogP contribution is -2.50. The fourth-order valence-electron chi connectivity index (χ4n) is 3.36. The summed E-state index contributed by atoms with van der Waals surface area (Å²) < 4.78 is 28.8. The van der Waals surface area contributed by atoms with E-state index in [0.29, 0.717) is 13.1 Å². The molecular weight excluding hydrogens is 454 g/mol. The van der Waals surface area contributed by atoms with Gasteiger partial charge in [-0.1, -0.05) is 53.2 Å². The fraction of sp³-hybridized carbons (Fsp3) is 0.381. The van der Waals surface area contributed by atoms with Crippen molar-refractivity contribution >= 4 is 31.9 Å². The summed E-state index contributed by atoms with van der Waals surface area (Å²) in [5, 5.41) is 3.21. The van der Waals surface area contributed by atoms with E-state index < -0.39 is 10.0 Å². The van der Waals surface area contributed by atoms with Crippen molar-refractivity contribution in [3.8, 4) is 0 Å². The first kappa shape index (κ1) is 22.0. The van der Waals surface area contributed by atoms with Crippen molar-refractivity contribution in [3.05, 3.63) is 64.6 Å². The van der Waals surface area contributed by atoms with Crippen LogP contribution in [0.15, 0.2) is 64.0 Å². The maximum absolute atomic E-state index is 13.4. The third-order valence-electron chi connectivity index (χ3n) is 5.08. The number of hydrogen-bond acceptors (Lipinski definition) is 4. The second-order valence-corrected chi connectivity index (χ2v) is 10.0. The smallest absolute Gasteiger partial charge is 0.243 e. The van der Waals surface area contributed by atoms with E-state index in [4.69, 9.17) is 0 Å². The Morgan fingerprint density at radius 3 is 2.34 bits per heavy atom. The van der Waals surface area contributed by atoms with Crippen LogP contribution in [0.1, 0.15) is 18.4 Å². The summed E-state index contributed by atoms with van der Waals surface area (Å²) >= 11 is 3.34. The van der Waals surface area contributed by atoms with Gasteiger partial charge in [-0.25, -0.2) is 8.42 Å². The van der Waals surface area contributed by atoms with Gasteiger partial charge in [0.25, 0.3) is 0 Å². The molecule has 1 saturated heterocycles. The van der Waals surface area contributed by atoms with Gasteiger partial charge in [0.1, 0.15) is 0 Å². The molecule has 1 atom stereocenters. The predicted octanol–water partition coefficient (Wildman–Crippen LogP) is 2.68. The van der Waals surface area contributed by atoms with Gasteiger partial charge in [0, 0.05) is 37.2 Å². The molecule has 3 rings (SSSR count). The maximum Gasteiger partial charge on any atom is 0.243 e. The number of piperazine rings is 1. The highest BCUT2D eigenvalue weighted by Gasteiger charge is 2.30. The molecule has 1 aliphatic heterocycles. The monoisotopic (exact) mass is 479 g/mol. The van der Waals surface area contributed by atoms with Crippen molar-refractivity contribution < 1.29 is 13.2 Å². The number of benzene rings is 2. The van der Waals surface area contributed by atoms with Crippen LogP contribution >= 0.6 is 15.9 Å². The van der Waals surface area contributed by atoms with E-state index in [2.05, 4.69) is 21.2 Å². The molecule has 29 heavy (non-hydrogen) atoms. The zero-order chi connectivity index (χ0) is 20.9. The van der Waals surface area contributed by atoms with Crippen LogP contribution in [0, 0.1) is 0 Å². The number of sulfonamides is 1. The summed E-state index contributed by atoms with van der Waals surface area (Å²) in [6, 6.07) is 16.3. The van der Waals surface area contributed by atoms with E-state index >= 15 is 0 Å². The number of halogens is 1. The highest BCUT2D eigenvalue weighted by molar-refractivity contribution is 9.10. The number of nitrogens with one attached hydrogen (secondary N) is 1. The molecule has 1 amide bonds. The van der Waals surface area contributed by atoms with Crippen LogP contribution in [0.3, 0.4) is 0 Å². The molecule has 1 fully saturated rings. The molecule has 0 aromatic heterocycles. The van der Waals surface area contributed by atoms with E-state index in [-0.39, 0.29) is 29.8 Å². The van der Waals surface area contributed by atoms with Crippen LogP contribution < -0.4 is 5.32 Å². The number of nitrogens with zero attached hydrogens (tertiary/aromatic N) is 2. The average molecular weight is 480 g/mol. The molecule has 156 valence electrons. The number of carbonyl (C=O) groups excluding carboxylic acids is 1. The lowest BCUT2D eigenvalue weighted by molar-refractivity contribution is -0.132. The minimum atomic E-state index is -3.81. The minimum absolute atomic E-state index is 0.0442. The first-order chi connectivity index (χ1) is 13.9. The molecule has 2 aromatic carbocycles. The number of amides is 1. The van der Waals surface area contributed by atoms with Crippen molar-refractivity contribution in [2.75, 3.05) is 39.3 Å². The Balaban J connectivity index is 1.85. The Morgan fingerprint density at radius 2 is 1.72 bits per heavy atom. The zero-order valence-electron chi connectivity index (χ0n) is 16.4. The predicted molar refractivity (Wildman–Crippen MR) is 117 cm³/mol. The molecule has 0 saturated carbocycles. The fourth-order valence-corrected chi connectivity index (χ4v) is 5.10. The third-order valence-corrected chi connectivity index (χ3v) is 7.43. The normalized spacial score (nSPS) is 16.0. The number of carbonyl (C=O) groups is 1. The Kier molecular flexibility index (Phi) is 7.45. The molecule has 1 heterocycles. The van der Waals surface area contributed by atoms with Gasteiger partial charge < -0.3 is 10.2 Å². The van der Waals surface area contributed by atoms with Crippen LogP contribution in [-0.2, 0) is 14.8 Å². The Morgan fingerprint density at radius 1 is 1.10 bits per heavy atom. The second kappa shape index (κ2) is 9.84. The van der Waals surface area contributed by atoms with Gasteiger partial charge in [-0.2, -0.15) is 4.31 Å². The van der Waals surface area contributed by atoms with Crippen LogP contribution in [0.25, 0.3) is 0 Å². The second-order valence-electron chi connectivity index (χ2n) is 7.19. The molecule has 1 unspecified atom stereocenters. The summed E-state index contributed by atoms with van der Waals surface area (Å²) in [5.74, 6) is -0.204. The Labute approximate surface area is 181 Å². The molecular formula is C21H26BrN3O3S. The van der Waals surface area contributed by atoms with Crippen molar-refractivity contribution in [1.82, 2.24) is 14.5 Å².